The fourth-order valence-electron chi connectivity index (χ4n) is 4.18. The zero-order valence-electron chi connectivity index (χ0n) is 21.6. The third-order valence-corrected chi connectivity index (χ3v) is 6.72. The lowest BCUT2D eigenvalue weighted by Crippen LogP contribution is -2.29. The number of likely N-dealkylation sites (tertiary alicyclic amines) is 1. The topological polar surface area (TPSA) is 123 Å². The monoisotopic (exact) mass is 551 g/mol. The van der Waals surface area contributed by atoms with Gasteiger partial charge in [0.05, 0.1) is 30.2 Å². The van der Waals surface area contributed by atoms with E-state index in [1.165, 1.54) is 24.5 Å². The fraction of sp³-hybridized carbons (Fsp3) is 0.296. The minimum Gasteiger partial charge on any atom is -0.489 e. The van der Waals surface area contributed by atoms with Crippen LogP contribution in [0.2, 0.25) is 5.02 Å². The Morgan fingerprint density at radius 3 is 2.59 bits per heavy atom. The highest BCUT2D eigenvalue weighted by atomic mass is 35.5. The van der Waals surface area contributed by atoms with Gasteiger partial charge >= 0.3 is 0 Å². The van der Waals surface area contributed by atoms with Crippen LogP contribution in [0.4, 0.5) is 5.82 Å². The highest BCUT2D eigenvalue weighted by Crippen LogP contribution is 2.41. The molecule has 1 fully saturated rings. The van der Waals surface area contributed by atoms with Gasteiger partial charge in [0, 0.05) is 38.7 Å². The molecule has 39 heavy (non-hydrogen) atoms. The summed E-state index contributed by atoms with van der Waals surface area (Å²) in [5, 5.41) is 2.82. The average Bonchev–Trinajstić information content (AvgIpc) is 3.14. The first-order valence-corrected chi connectivity index (χ1v) is 12.6. The largest absolute Gasteiger partial charge is 0.489 e. The number of nitrogens with one attached hydrogen (secondary N) is 1. The molecule has 0 saturated carbocycles. The molecule has 1 atom stereocenters. The molecule has 0 radical (unpaired) electrons. The number of nitrogens with zero attached hydrogens (tertiary/aromatic N) is 4. The van der Waals surface area contributed by atoms with Crippen LogP contribution in [0.3, 0.4) is 0 Å². The van der Waals surface area contributed by atoms with E-state index in [2.05, 4.69) is 15.3 Å². The van der Waals surface area contributed by atoms with Gasteiger partial charge in [-0.3, -0.25) is 19.4 Å². The number of hydrogen-bond acceptors (Lipinski definition) is 8. The summed E-state index contributed by atoms with van der Waals surface area (Å²) in [5.41, 5.74) is 1.23. The van der Waals surface area contributed by atoms with Crippen molar-refractivity contribution in [1.29, 1.82) is 0 Å². The third-order valence-electron chi connectivity index (χ3n) is 6.36. The Balaban J connectivity index is 1.47. The minimum atomic E-state index is -0.684. The summed E-state index contributed by atoms with van der Waals surface area (Å²) in [5.74, 6) is 0.365. The zero-order valence-corrected chi connectivity index (χ0v) is 22.3. The molecule has 1 unspecified atom stereocenters. The first kappa shape index (κ1) is 26.2. The second-order valence-electron chi connectivity index (χ2n) is 9.28. The van der Waals surface area contributed by atoms with Gasteiger partial charge in [-0.05, 0) is 31.2 Å². The molecule has 3 aromatic rings. The molecule has 3 amide bonds. The predicted octanol–water partition coefficient (Wildman–Crippen LogP) is 3.56. The van der Waals surface area contributed by atoms with Crippen LogP contribution in [0, 0.1) is 6.92 Å². The van der Waals surface area contributed by atoms with E-state index in [0.717, 1.165) is 0 Å². The smallest absolute Gasteiger partial charge is 0.263 e. The molecular formula is C27H26ClN5O6. The molecule has 2 aliphatic rings. The third kappa shape index (κ3) is 5.58. The molecular weight excluding hydrogens is 526 g/mol. The average molecular weight is 552 g/mol. The van der Waals surface area contributed by atoms with Crippen molar-refractivity contribution in [3.8, 4) is 23.0 Å². The van der Waals surface area contributed by atoms with Crippen LogP contribution in [0.5, 0.6) is 23.0 Å². The molecule has 202 valence electrons. The maximum absolute atomic E-state index is 13.1. The molecule has 1 aromatic heterocycles. The summed E-state index contributed by atoms with van der Waals surface area (Å²) in [4.78, 5) is 49.7. The van der Waals surface area contributed by atoms with Gasteiger partial charge in [-0.25, -0.2) is 4.98 Å². The fourth-order valence-corrected chi connectivity index (χ4v) is 4.44. The lowest BCUT2D eigenvalue weighted by Gasteiger charge is -2.17. The van der Waals surface area contributed by atoms with E-state index in [1.807, 2.05) is 0 Å². The van der Waals surface area contributed by atoms with Gasteiger partial charge in [0.1, 0.15) is 28.9 Å². The molecule has 1 N–H and O–H groups in total. The number of amides is 3. The van der Waals surface area contributed by atoms with E-state index in [-0.39, 0.29) is 57.8 Å². The number of ether oxygens (including phenoxy) is 3. The van der Waals surface area contributed by atoms with Crippen LogP contribution < -0.4 is 19.5 Å². The normalized spacial score (nSPS) is 16.9. The Morgan fingerprint density at radius 2 is 1.87 bits per heavy atom. The Labute approximate surface area is 229 Å². The molecule has 0 spiro atoms. The first-order chi connectivity index (χ1) is 18.7. The van der Waals surface area contributed by atoms with Crippen molar-refractivity contribution in [2.75, 3.05) is 39.1 Å². The highest BCUT2D eigenvalue weighted by Gasteiger charge is 2.31. The summed E-state index contributed by atoms with van der Waals surface area (Å²) in [7, 11) is 3.39. The summed E-state index contributed by atoms with van der Waals surface area (Å²) in [6, 6.07) is 7.74. The number of aromatic nitrogens is 2. The van der Waals surface area contributed by atoms with Gasteiger partial charge in [0.15, 0.2) is 17.7 Å². The standard InChI is InChI=1S/C27H26ClN5O6/c1-15-13-30-22(14-29-15)31-25(34)16-10-17(12-18(11-16)39-21-6-7-32(2)27(21)36)38-20-5-4-19-24(23(20)28)37-9-8-33(3)26(19)35/h4-5,10-14,21H,6-9H2,1-3H3,(H,30,31,34). The lowest BCUT2D eigenvalue weighted by molar-refractivity contribution is -0.132. The van der Waals surface area contributed by atoms with E-state index < -0.39 is 12.0 Å². The SMILES string of the molecule is Cc1cnc(NC(=O)c2cc(Oc3ccc4c(c3Cl)OCCN(C)C4=O)cc(OC3CCN(C)C3=O)c2)cn1. The Hall–Kier alpha value is -4.38. The second-order valence-corrected chi connectivity index (χ2v) is 9.65. The van der Waals surface area contributed by atoms with Gasteiger partial charge in [0.25, 0.3) is 17.7 Å². The number of carbonyl (C=O) groups is 3. The Bertz CT molecular complexity index is 1450. The number of anilines is 1. The molecule has 0 bridgehead atoms. The van der Waals surface area contributed by atoms with Gasteiger partial charge in [-0.15, -0.1) is 0 Å². The number of likely N-dealkylation sites (N-methyl/N-ethyl adjacent to an activating group) is 2. The van der Waals surface area contributed by atoms with E-state index in [1.54, 1.807) is 49.0 Å². The first-order valence-electron chi connectivity index (χ1n) is 12.2. The molecule has 12 heteroatoms. The molecule has 2 aliphatic heterocycles. The second kappa shape index (κ2) is 10.8. The van der Waals surface area contributed by atoms with Crippen molar-refractivity contribution in [1.82, 2.24) is 19.8 Å². The molecule has 3 heterocycles. The van der Waals surface area contributed by atoms with Gasteiger partial charge in [0.2, 0.25) is 0 Å². The lowest BCUT2D eigenvalue weighted by atomic mass is 10.1. The van der Waals surface area contributed by atoms with Gasteiger partial charge in [-0.1, -0.05) is 11.6 Å². The quantitative estimate of drug-likeness (QED) is 0.493. The molecule has 5 rings (SSSR count). The van der Waals surface area contributed by atoms with Crippen LogP contribution in [0.25, 0.3) is 0 Å². The van der Waals surface area contributed by atoms with Crippen LogP contribution in [-0.4, -0.2) is 77.4 Å². The summed E-state index contributed by atoms with van der Waals surface area (Å²) in [6.07, 6.45) is 2.82. The van der Waals surface area contributed by atoms with E-state index >= 15 is 0 Å². The number of hydrogen-bond donors (Lipinski definition) is 1. The summed E-state index contributed by atoms with van der Waals surface area (Å²) in [6.45, 7) is 3.05. The molecule has 0 aliphatic carbocycles. The Kier molecular flexibility index (Phi) is 7.25. The summed E-state index contributed by atoms with van der Waals surface area (Å²) >= 11 is 6.60. The molecule has 11 nitrogen and oxygen atoms in total. The maximum atomic E-state index is 13.1. The maximum Gasteiger partial charge on any atom is 0.263 e. The van der Waals surface area contributed by atoms with Crippen molar-refractivity contribution in [3.63, 3.8) is 0 Å². The predicted molar refractivity (Wildman–Crippen MR) is 142 cm³/mol. The van der Waals surface area contributed by atoms with Crippen molar-refractivity contribution >= 4 is 35.1 Å². The van der Waals surface area contributed by atoms with E-state index in [9.17, 15) is 14.4 Å². The van der Waals surface area contributed by atoms with Crippen LogP contribution in [0.15, 0.2) is 42.7 Å². The van der Waals surface area contributed by atoms with Crippen molar-refractivity contribution in [2.24, 2.45) is 0 Å². The number of carbonyl (C=O) groups excluding carboxylic acids is 3. The van der Waals surface area contributed by atoms with Crippen molar-refractivity contribution < 1.29 is 28.6 Å². The van der Waals surface area contributed by atoms with Crippen molar-refractivity contribution in [2.45, 2.75) is 19.4 Å². The number of fused-ring (bicyclic) bond motifs is 1. The zero-order chi connectivity index (χ0) is 27.7. The van der Waals surface area contributed by atoms with Crippen molar-refractivity contribution in [3.05, 3.63) is 64.6 Å². The van der Waals surface area contributed by atoms with Gasteiger partial charge < -0.3 is 29.3 Å². The Morgan fingerprint density at radius 1 is 1.08 bits per heavy atom. The van der Waals surface area contributed by atoms with Gasteiger partial charge in [-0.2, -0.15) is 0 Å². The molecule has 2 aromatic carbocycles. The minimum absolute atomic E-state index is 0.121. The molecule has 1 saturated heterocycles. The number of aryl methyl sites for hydroxylation is 1. The summed E-state index contributed by atoms with van der Waals surface area (Å²) < 4.78 is 17.8. The van der Waals surface area contributed by atoms with Crippen LogP contribution in [0.1, 0.15) is 32.8 Å². The number of rotatable bonds is 6. The van der Waals surface area contributed by atoms with Crippen LogP contribution >= 0.6 is 11.6 Å². The van der Waals surface area contributed by atoms with Crippen LogP contribution in [-0.2, 0) is 4.79 Å². The number of halogens is 1. The number of benzene rings is 2. The highest BCUT2D eigenvalue weighted by molar-refractivity contribution is 6.34. The van der Waals surface area contributed by atoms with E-state index in [4.69, 9.17) is 25.8 Å². The van der Waals surface area contributed by atoms with E-state index in [0.29, 0.717) is 30.8 Å².